The van der Waals surface area contributed by atoms with Crippen molar-refractivity contribution in [2.24, 2.45) is 7.05 Å². The zero-order valence-electron chi connectivity index (χ0n) is 16.2. The molecule has 1 atom stereocenters. The lowest BCUT2D eigenvalue weighted by atomic mass is 10.1. The number of nitrogens with one attached hydrogen (secondary N) is 1. The van der Waals surface area contributed by atoms with E-state index in [1.54, 1.807) is 11.7 Å². The molecule has 0 aliphatic carbocycles. The Bertz CT molecular complexity index is 741. The van der Waals surface area contributed by atoms with E-state index in [0.717, 1.165) is 12.8 Å². The topological polar surface area (TPSA) is 78.2 Å². The van der Waals surface area contributed by atoms with E-state index in [4.69, 9.17) is 4.74 Å². The summed E-state index contributed by atoms with van der Waals surface area (Å²) < 4.78 is 8.91. The molecule has 1 amide bonds. The summed E-state index contributed by atoms with van der Waals surface area (Å²) in [5.74, 6) is -0.106. The number of esters is 1. The molecule has 0 bridgehead atoms. The Morgan fingerprint density at radius 2 is 1.92 bits per heavy atom. The van der Waals surface area contributed by atoms with Crippen molar-refractivity contribution in [1.82, 2.24) is 19.7 Å². The van der Waals surface area contributed by atoms with Gasteiger partial charge in [-0.1, -0.05) is 19.8 Å². The fourth-order valence-electron chi connectivity index (χ4n) is 2.64. The summed E-state index contributed by atoms with van der Waals surface area (Å²) in [5, 5.41) is 7.01. The summed E-state index contributed by atoms with van der Waals surface area (Å²) in [7, 11) is 1.77. The van der Waals surface area contributed by atoms with Crippen molar-refractivity contribution in [3.05, 3.63) is 36.3 Å². The smallest absolute Gasteiger partial charge is 0.329 e. The molecule has 7 heteroatoms. The van der Waals surface area contributed by atoms with Gasteiger partial charge >= 0.3 is 5.97 Å². The van der Waals surface area contributed by atoms with Gasteiger partial charge in [0.2, 0.25) is 0 Å². The van der Waals surface area contributed by atoms with Crippen molar-refractivity contribution in [3.8, 4) is 5.82 Å². The number of aromatic nitrogens is 3. The first-order valence-electron chi connectivity index (χ1n) is 8.92. The average Bonchev–Trinajstić information content (AvgIpc) is 3.18. The van der Waals surface area contributed by atoms with E-state index in [1.165, 1.54) is 6.20 Å². The van der Waals surface area contributed by atoms with E-state index in [2.05, 4.69) is 10.4 Å². The van der Waals surface area contributed by atoms with Gasteiger partial charge in [-0.25, -0.2) is 4.79 Å². The quantitative estimate of drug-likeness (QED) is 0.770. The fraction of sp³-hybridized carbons (Fsp3) is 0.526. The van der Waals surface area contributed by atoms with Crippen LogP contribution in [0.5, 0.6) is 0 Å². The summed E-state index contributed by atoms with van der Waals surface area (Å²) in [5.41, 5.74) is -0.189. The lowest BCUT2D eigenvalue weighted by Gasteiger charge is -2.24. The number of rotatable bonds is 7. The molecule has 0 aromatic carbocycles. The molecule has 1 N–H and O–H groups in total. The number of hydrogen-bond acceptors (Lipinski definition) is 4. The molecule has 7 nitrogen and oxygen atoms in total. The standard InChI is InChI=1S/C19H28N4O3/c1-6-7-10-15(18(25)26-19(2,3)4)21-16(24)14-13-20-22(5)17(14)23-11-8-9-12-23/h8-9,11-13,15H,6-7,10H2,1-5H3,(H,21,24). The van der Waals surface area contributed by atoms with Crippen LogP contribution in [0.15, 0.2) is 30.7 Å². The molecular formula is C19H28N4O3. The summed E-state index contributed by atoms with van der Waals surface area (Å²) in [6, 6.07) is 3.07. The van der Waals surface area contributed by atoms with E-state index < -0.39 is 17.6 Å². The molecule has 0 spiro atoms. The van der Waals surface area contributed by atoms with Crippen LogP contribution in [-0.2, 0) is 16.6 Å². The maximum atomic E-state index is 12.8. The second-order valence-electron chi connectivity index (χ2n) is 7.30. The van der Waals surface area contributed by atoms with Crippen LogP contribution >= 0.6 is 0 Å². The van der Waals surface area contributed by atoms with Crippen LogP contribution in [-0.4, -0.2) is 37.9 Å². The summed E-state index contributed by atoms with van der Waals surface area (Å²) in [6.07, 6.45) is 7.48. The van der Waals surface area contributed by atoms with Crippen LogP contribution < -0.4 is 5.32 Å². The normalized spacial score (nSPS) is 12.7. The first kappa shape index (κ1) is 19.8. The predicted molar refractivity (Wildman–Crippen MR) is 99.2 cm³/mol. The third kappa shape index (κ3) is 4.97. The highest BCUT2D eigenvalue weighted by molar-refractivity contribution is 5.99. The van der Waals surface area contributed by atoms with Crippen molar-refractivity contribution in [1.29, 1.82) is 0 Å². The van der Waals surface area contributed by atoms with Gasteiger partial charge in [0.1, 0.15) is 23.0 Å². The van der Waals surface area contributed by atoms with E-state index in [1.807, 2.05) is 56.8 Å². The van der Waals surface area contributed by atoms with Gasteiger partial charge in [-0.3, -0.25) is 9.48 Å². The number of aryl methyl sites for hydroxylation is 1. The Balaban J connectivity index is 2.21. The van der Waals surface area contributed by atoms with Crippen molar-refractivity contribution in [2.75, 3.05) is 0 Å². The zero-order chi connectivity index (χ0) is 19.3. The monoisotopic (exact) mass is 360 g/mol. The highest BCUT2D eigenvalue weighted by Gasteiger charge is 2.28. The van der Waals surface area contributed by atoms with Gasteiger partial charge in [0, 0.05) is 19.4 Å². The Labute approximate surface area is 154 Å². The third-order valence-electron chi connectivity index (χ3n) is 3.84. The van der Waals surface area contributed by atoms with Gasteiger partial charge in [-0.15, -0.1) is 0 Å². The number of hydrogen-bond donors (Lipinski definition) is 1. The van der Waals surface area contributed by atoms with Crippen molar-refractivity contribution in [2.45, 2.75) is 58.6 Å². The van der Waals surface area contributed by atoms with Gasteiger partial charge in [0.25, 0.3) is 5.91 Å². The maximum absolute atomic E-state index is 12.8. The second kappa shape index (κ2) is 8.21. The van der Waals surface area contributed by atoms with Crippen LogP contribution in [0, 0.1) is 0 Å². The van der Waals surface area contributed by atoms with Crippen molar-refractivity contribution in [3.63, 3.8) is 0 Å². The molecule has 2 rings (SSSR count). The number of carbonyl (C=O) groups is 2. The van der Waals surface area contributed by atoms with E-state index in [9.17, 15) is 9.59 Å². The van der Waals surface area contributed by atoms with Crippen LogP contribution in [0.25, 0.3) is 5.82 Å². The molecule has 0 radical (unpaired) electrons. The third-order valence-corrected chi connectivity index (χ3v) is 3.84. The fourth-order valence-corrected chi connectivity index (χ4v) is 2.64. The van der Waals surface area contributed by atoms with Gasteiger partial charge in [0.15, 0.2) is 0 Å². The van der Waals surface area contributed by atoms with Crippen molar-refractivity contribution < 1.29 is 14.3 Å². The summed E-state index contributed by atoms with van der Waals surface area (Å²) in [6.45, 7) is 7.48. The molecule has 2 heterocycles. The lowest BCUT2D eigenvalue weighted by molar-refractivity contribution is -0.157. The molecule has 0 fully saturated rings. The summed E-state index contributed by atoms with van der Waals surface area (Å²) >= 11 is 0. The zero-order valence-corrected chi connectivity index (χ0v) is 16.2. The number of unbranched alkanes of at least 4 members (excludes halogenated alkanes) is 1. The Morgan fingerprint density at radius 1 is 1.27 bits per heavy atom. The molecule has 2 aromatic heterocycles. The number of nitrogens with zero attached hydrogens (tertiary/aromatic N) is 3. The van der Waals surface area contributed by atoms with Gasteiger partial charge in [-0.05, 0) is 39.3 Å². The Kier molecular flexibility index (Phi) is 6.23. The largest absolute Gasteiger partial charge is 0.458 e. The molecule has 142 valence electrons. The highest BCUT2D eigenvalue weighted by Crippen LogP contribution is 2.16. The Hall–Kier alpha value is -2.57. The molecular weight excluding hydrogens is 332 g/mol. The minimum absolute atomic E-state index is 0.339. The number of carbonyl (C=O) groups excluding carboxylic acids is 2. The number of ether oxygens (including phenoxy) is 1. The van der Waals surface area contributed by atoms with Crippen LogP contribution in [0.4, 0.5) is 0 Å². The SMILES string of the molecule is CCCCC(NC(=O)c1cnn(C)c1-n1cccc1)C(=O)OC(C)(C)C. The first-order chi connectivity index (χ1) is 12.2. The molecule has 0 saturated carbocycles. The highest BCUT2D eigenvalue weighted by atomic mass is 16.6. The van der Waals surface area contributed by atoms with Gasteiger partial charge < -0.3 is 14.6 Å². The summed E-state index contributed by atoms with van der Waals surface area (Å²) in [4.78, 5) is 25.3. The van der Waals surface area contributed by atoms with Gasteiger partial charge in [0.05, 0.1) is 6.20 Å². The number of amides is 1. The maximum Gasteiger partial charge on any atom is 0.329 e. The van der Waals surface area contributed by atoms with Gasteiger partial charge in [-0.2, -0.15) is 5.10 Å². The minimum Gasteiger partial charge on any atom is -0.458 e. The van der Waals surface area contributed by atoms with Crippen molar-refractivity contribution >= 4 is 11.9 Å². The Morgan fingerprint density at radius 3 is 2.50 bits per heavy atom. The van der Waals surface area contributed by atoms with E-state index in [0.29, 0.717) is 17.8 Å². The van der Waals surface area contributed by atoms with Crippen LogP contribution in [0.2, 0.25) is 0 Å². The molecule has 2 aromatic rings. The second-order valence-corrected chi connectivity index (χ2v) is 7.30. The molecule has 0 aliphatic rings. The van der Waals surface area contributed by atoms with E-state index >= 15 is 0 Å². The molecule has 26 heavy (non-hydrogen) atoms. The van der Waals surface area contributed by atoms with Crippen LogP contribution in [0.1, 0.15) is 57.3 Å². The molecule has 0 saturated heterocycles. The van der Waals surface area contributed by atoms with E-state index in [-0.39, 0.29) is 5.91 Å². The predicted octanol–water partition coefficient (Wildman–Crippen LogP) is 2.84. The van der Waals surface area contributed by atoms with Crippen LogP contribution in [0.3, 0.4) is 0 Å². The average molecular weight is 360 g/mol. The minimum atomic E-state index is -0.681. The lowest BCUT2D eigenvalue weighted by Crippen LogP contribution is -2.44. The molecule has 1 unspecified atom stereocenters. The first-order valence-corrected chi connectivity index (χ1v) is 8.92. The molecule has 0 aliphatic heterocycles.